The summed E-state index contributed by atoms with van der Waals surface area (Å²) in [6, 6.07) is 1.77. The molecule has 1 rings (SSSR count). The highest BCUT2D eigenvalue weighted by Gasteiger charge is 2.19. The molecule has 5 nitrogen and oxygen atoms in total. The van der Waals surface area contributed by atoms with Gasteiger partial charge in [-0.3, -0.25) is 0 Å². The van der Waals surface area contributed by atoms with Crippen molar-refractivity contribution in [2.45, 2.75) is 38.6 Å². The summed E-state index contributed by atoms with van der Waals surface area (Å²) in [5.74, 6) is 0. The van der Waals surface area contributed by atoms with Gasteiger partial charge < -0.3 is 10.2 Å². The highest BCUT2D eigenvalue weighted by Crippen LogP contribution is 2.25. The van der Waals surface area contributed by atoms with Gasteiger partial charge in [0.15, 0.2) is 0 Å². The van der Waals surface area contributed by atoms with Gasteiger partial charge in [0.1, 0.15) is 0 Å². The molecule has 7 heteroatoms. The average Bonchev–Trinajstić information content (AvgIpc) is 2.80. The first-order chi connectivity index (χ1) is 9.94. The lowest BCUT2D eigenvalue weighted by atomic mass is 10.4. The molecule has 0 spiro atoms. The van der Waals surface area contributed by atoms with Crippen molar-refractivity contribution in [1.82, 2.24) is 14.9 Å². The Balaban J connectivity index is 2.65. The molecule has 2 N–H and O–H groups in total. The number of nitrogens with zero attached hydrogens (tertiary/aromatic N) is 1. The van der Waals surface area contributed by atoms with Crippen LogP contribution in [0.5, 0.6) is 0 Å². The maximum absolute atomic E-state index is 12.4. The van der Waals surface area contributed by atoms with Gasteiger partial charge >= 0.3 is 0 Å². The normalized spacial score (nSPS) is 12.2. The van der Waals surface area contributed by atoms with Crippen LogP contribution >= 0.6 is 11.3 Å². The van der Waals surface area contributed by atoms with E-state index >= 15 is 0 Å². The Kier molecular flexibility index (Phi) is 7.83. The molecule has 21 heavy (non-hydrogen) atoms. The van der Waals surface area contributed by atoms with E-state index in [-0.39, 0.29) is 0 Å². The molecule has 0 aromatic carbocycles. The fraction of sp³-hybridized carbons (Fsp3) is 0.714. The summed E-state index contributed by atoms with van der Waals surface area (Å²) in [6.07, 6.45) is 1.08. The van der Waals surface area contributed by atoms with E-state index in [2.05, 4.69) is 28.8 Å². The summed E-state index contributed by atoms with van der Waals surface area (Å²) >= 11 is 1.53. The SMILES string of the molecule is CCCN(CC)CCNS(=O)(=O)c1cc(CNC)sc1C. The molecule has 0 saturated carbocycles. The third-order valence-corrected chi connectivity index (χ3v) is 6.04. The summed E-state index contributed by atoms with van der Waals surface area (Å²) in [5.41, 5.74) is 0. The second-order valence-corrected chi connectivity index (χ2v) is 8.07. The van der Waals surface area contributed by atoms with Crippen molar-refractivity contribution >= 4 is 21.4 Å². The molecule has 0 amide bonds. The summed E-state index contributed by atoms with van der Waals surface area (Å²) in [5, 5.41) is 3.04. The first kappa shape index (κ1) is 18.6. The summed E-state index contributed by atoms with van der Waals surface area (Å²) in [6.45, 7) is 9.92. The van der Waals surface area contributed by atoms with E-state index in [1.807, 2.05) is 14.0 Å². The zero-order chi connectivity index (χ0) is 15.9. The lowest BCUT2D eigenvalue weighted by Gasteiger charge is -2.19. The average molecular weight is 334 g/mol. The number of likely N-dealkylation sites (N-methyl/N-ethyl adjacent to an activating group) is 1. The second-order valence-electron chi connectivity index (χ2n) is 5.00. The Bertz CT molecular complexity index is 526. The summed E-state index contributed by atoms with van der Waals surface area (Å²) in [4.78, 5) is 4.54. The number of hydrogen-bond acceptors (Lipinski definition) is 5. The van der Waals surface area contributed by atoms with Crippen LogP contribution in [0.25, 0.3) is 0 Å². The molecule has 0 radical (unpaired) electrons. The fourth-order valence-corrected chi connectivity index (χ4v) is 4.88. The van der Waals surface area contributed by atoms with Crippen molar-refractivity contribution in [2.75, 3.05) is 33.2 Å². The molecule has 0 bridgehead atoms. The van der Waals surface area contributed by atoms with Crippen LogP contribution < -0.4 is 10.0 Å². The van der Waals surface area contributed by atoms with Crippen LogP contribution in [0.4, 0.5) is 0 Å². The van der Waals surface area contributed by atoms with Crippen molar-refractivity contribution < 1.29 is 8.42 Å². The lowest BCUT2D eigenvalue weighted by Crippen LogP contribution is -2.35. The predicted molar refractivity (Wildman–Crippen MR) is 89.4 cm³/mol. The molecule has 0 aliphatic rings. The summed E-state index contributed by atoms with van der Waals surface area (Å²) < 4.78 is 27.4. The van der Waals surface area contributed by atoms with Crippen molar-refractivity contribution in [3.05, 3.63) is 15.8 Å². The minimum absolute atomic E-state index is 0.413. The number of aryl methyl sites for hydroxylation is 1. The third-order valence-electron chi connectivity index (χ3n) is 3.27. The van der Waals surface area contributed by atoms with E-state index in [1.54, 1.807) is 6.07 Å². The maximum atomic E-state index is 12.4. The van der Waals surface area contributed by atoms with Crippen molar-refractivity contribution in [1.29, 1.82) is 0 Å². The van der Waals surface area contributed by atoms with Gasteiger partial charge in [-0.05, 0) is 39.5 Å². The number of sulfonamides is 1. The molecule has 0 fully saturated rings. The van der Waals surface area contributed by atoms with E-state index in [1.165, 1.54) is 11.3 Å². The van der Waals surface area contributed by atoms with E-state index in [9.17, 15) is 8.42 Å². The van der Waals surface area contributed by atoms with Crippen LogP contribution in [-0.2, 0) is 16.6 Å². The molecule has 0 unspecified atom stereocenters. The minimum Gasteiger partial charge on any atom is -0.315 e. The van der Waals surface area contributed by atoms with E-state index in [0.717, 1.165) is 35.8 Å². The molecule has 1 heterocycles. The Morgan fingerprint density at radius 2 is 2.00 bits per heavy atom. The maximum Gasteiger partial charge on any atom is 0.241 e. The largest absolute Gasteiger partial charge is 0.315 e. The van der Waals surface area contributed by atoms with Crippen LogP contribution in [-0.4, -0.2) is 46.5 Å². The first-order valence-corrected chi connectivity index (χ1v) is 9.70. The smallest absolute Gasteiger partial charge is 0.241 e. The molecule has 0 aliphatic heterocycles. The number of hydrogen-bond donors (Lipinski definition) is 2. The monoisotopic (exact) mass is 333 g/mol. The zero-order valence-electron chi connectivity index (χ0n) is 13.4. The lowest BCUT2D eigenvalue weighted by molar-refractivity contribution is 0.293. The van der Waals surface area contributed by atoms with Gasteiger partial charge in [-0.1, -0.05) is 13.8 Å². The second kappa shape index (κ2) is 8.85. The van der Waals surface area contributed by atoms with Gasteiger partial charge in [0.25, 0.3) is 0 Å². The Labute approximate surface area is 132 Å². The molecule has 122 valence electrons. The molecule has 1 aromatic rings. The molecular formula is C14H27N3O2S2. The van der Waals surface area contributed by atoms with Gasteiger partial charge in [-0.25, -0.2) is 13.1 Å². The molecule has 0 atom stereocenters. The number of thiophene rings is 1. The molecule has 1 aromatic heterocycles. The Hall–Kier alpha value is -0.470. The topological polar surface area (TPSA) is 61.4 Å². The highest BCUT2D eigenvalue weighted by molar-refractivity contribution is 7.89. The van der Waals surface area contributed by atoms with E-state index in [4.69, 9.17) is 0 Å². The third kappa shape index (κ3) is 5.67. The quantitative estimate of drug-likeness (QED) is 0.685. The highest BCUT2D eigenvalue weighted by atomic mass is 32.2. The van der Waals surface area contributed by atoms with Crippen molar-refractivity contribution in [3.63, 3.8) is 0 Å². The van der Waals surface area contributed by atoms with Crippen LogP contribution in [0.3, 0.4) is 0 Å². The standard InChI is InChI=1S/C14H27N3O2S2/c1-5-8-17(6-2)9-7-16-21(18,19)14-10-13(11-15-4)20-12(14)3/h10,15-16H,5-9,11H2,1-4H3. The minimum atomic E-state index is -3.40. The van der Waals surface area contributed by atoms with E-state index in [0.29, 0.717) is 18.0 Å². The zero-order valence-corrected chi connectivity index (χ0v) is 15.0. The molecular weight excluding hydrogens is 306 g/mol. The van der Waals surface area contributed by atoms with Gasteiger partial charge in [0.2, 0.25) is 10.0 Å². The molecule has 0 aliphatic carbocycles. The predicted octanol–water partition coefficient (Wildman–Crippen LogP) is 1.79. The van der Waals surface area contributed by atoms with Gasteiger partial charge in [-0.2, -0.15) is 0 Å². The fourth-order valence-electron chi connectivity index (χ4n) is 2.21. The number of rotatable bonds is 10. The Morgan fingerprint density at radius 1 is 1.29 bits per heavy atom. The van der Waals surface area contributed by atoms with Gasteiger partial charge in [0, 0.05) is 29.4 Å². The van der Waals surface area contributed by atoms with Crippen LogP contribution in [0.2, 0.25) is 0 Å². The van der Waals surface area contributed by atoms with Gasteiger partial charge in [0.05, 0.1) is 4.90 Å². The summed E-state index contributed by atoms with van der Waals surface area (Å²) in [7, 11) is -1.55. The Morgan fingerprint density at radius 3 is 2.57 bits per heavy atom. The van der Waals surface area contributed by atoms with Crippen molar-refractivity contribution in [3.8, 4) is 0 Å². The van der Waals surface area contributed by atoms with Crippen LogP contribution in [0.1, 0.15) is 30.0 Å². The number of nitrogens with one attached hydrogen (secondary N) is 2. The van der Waals surface area contributed by atoms with Gasteiger partial charge in [-0.15, -0.1) is 11.3 Å². The van der Waals surface area contributed by atoms with Crippen LogP contribution in [0.15, 0.2) is 11.0 Å². The van der Waals surface area contributed by atoms with Crippen LogP contribution in [0, 0.1) is 6.92 Å². The van der Waals surface area contributed by atoms with Crippen molar-refractivity contribution in [2.24, 2.45) is 0 Å². The first-order valence-electron chi connectivity index (χ1n) is 7.40. The van der Waals surface area contributed by atoms with E-state index < -0.39 is 10.0 Å². The molecule has 0 saturated heterocycles.